The van der Waals surface area contributed by atoms with Crippen molar-refractivity contribution in [2.45, 2.75) is 6.42 Å². The summed E-state index contributed by atoms with van der Waals surface area (Å²) < 4.78 is 5.42. The molecule has 0 bridgehead atoms. The second-order valence-electron chi connectivity index (χ2n) is 3.36. The van der Waals surface area contributed by atoms with Crippen LogP contribution in [0.2, 0.25) is 0 Å². The Morgan fingerprint density at radius 3 is 2.56 bits per heavy atom. The van der Waals surface area contributed by atoms with Gasteiger partial charge in [-0.3, -0.25) is 0 Å². The van der Waals surface area contributed by atoms with E-state index in [-0.39, 0.29) is 11.5 Å². The minimum absolute atomic E-state index is 0.0458. The molecule has 0 saturated carbocycles. The molecule has 0 saturated heterocycles. The zero-order valence-electron chi connectivity index (χ0n) is 8.63. The molecule has 0 spiro atoms. The molecule has 1 aliphatic carbocycles. The van der Waals surface area contributed by atoms with E-state index in [0.29, 0.717) is 11.5 Å². The Hall–Kier alpha value is -2.16. The third-order valence-electron chi connectivity index (χ3n) is 2.15. The average Bonchev–Trinajstić information content (AvgIpc) is 2.48. The molecule has 0 aromatic heterocycles. The van der Waals surface area contributed by atoms with E-state index in [0.717, 1.165) is 6.42 Å². The molecule has 0 fully saturated rings. The molecular formula is C13H12O3. The summed E-state index contributed by atoms with van der Waals surface area (Å²) in [5, 5.41) is 19.2. The second-order valence-corrected chi connectivity index (χ2v) is 3.36. The van der Waals surface area contributed by atoms with Gasteiger partial charge in [-0.25, -0.2) is 0 Å². The van der Waals surface area contributed by atoms with Crippen molar-refractivity contribution in [2.24, 2.45) is 0 Å². The molecule has 2 N–H and O–H groups in total. The number of aliphatic hydroxyl groups excluding tert-OH is 1. The monoisotopic (exact) mass is 216 g/mol. The number of aliphatic hydroxyl groups is 1. The van der Waals surface area contributed by atoms with Crippen LogP contribution in [0.5, 0.6) is 11.5 Å². The third kappa shape index (κ3) is 2.25. The molecule has 0 heterocycles. The van der Waals surface area contributed by atoms with Gasteiger partial charge in [0.05, 0.1) is 0 Å². The molecule has 82 valence electrons. The van der Waals surface area contributed by atoms with E-state index >= 15 is 0 Å². The molecule has 0 amide bonds. The number of allylic oxidation sites excluding steroid dienone is 4. The number of benzene rings is 1. The summed E-state index contributed by atoms with van der Waals surface area (Å²) in [5.74, 6) is 0.751. The quantitative estimate of drug-likeness (QED) is 0.798. The Labute approximate surface area is 93.6 Å². The van der Waals surface area contributed by atoms with E-state index in [4.69, 9.17) is 4.74 Å². The van der Waals surface area contributed by atoms with E-state index in [1.165, 1.54) is 6.07 Å². The zero-order valence-corrected chi connectivity index (χ0v) is 8.63. The highest BCUT2D eigenvalue weighted by atomic mass is 16.5. The van der Waals surface area contributed by atoms with Gasteiger partial charge in [-0.05, 0) is 30.7 Å². The van der Waals surface area contributed by atoms with Crippen LogP contribution in [0.15, 0.2) is 60.1 Å². The lowest BCUT2D eigenvalue weighted by Gasteiger charge is -2.08. The summed E-state index contributed by atoms with van der Waals surface area (Å²) in [6.45, 7) is 0. The SMILES string of the molecule is OC1=C(Oc2ccccc2O)C=CCC=C1. The van der Waals surface area contributed by atoms with Gasteiger partial charge < -0.3 is 14.9 Å². The van der Waals surface area contributed by atoms with Crippen molar-refractivity contribution in [1.82, 2.24) is 0 Å². The largest absolute Gasteiger partial charge is 0.504 e. The van der Waals surface area contributed by atoms with E-state index in [9.17, 15) is 10.2 Å². The third-order valence-corrected chi connectivity index (χ3v) is 2.15. The Morgan fingerprint density at radius 1 is 1.00 bits per heavy atom. The van der Waals surface area contributed by atoms with E-state index in [1.807, 2.05) is 12.2 Å². The number of hydrogen-bond donors (Lipinski definition) is 2. The normalized spacial score (nSPS) is 15.0. The fraction of sp³-hybridized carbons (Fsp3) is 0.0769. The van der Waals surface area contributed by atoms with E-state index in [2.05, 4.69) is 0 Å². The number of ether oxygens (including phenoxy) is 1. The number of rotatable bonds is 2. The van der Waals surface area contributed by atoms with Crippen LogP contribution in [-0.2, 0) is 0 Å². The summed E-state index contributed by atoms with van der Waals surface area (Å²) in [4.78, 5) is 0. The van der Waals surface area contributed by atoms with E-state index in [1.54, 1.807) is 30.4 Å². The topological polar surface area (TPSA) is 49.7 Å². The average molecular weight is 216 g/mol. The van der Waals surface area contributed by atoms with Gasteiger partial charge in [-0.1, -0.05) is 24.3 Å². The van der Waals surface area contributed by atoms with Gasteiger partial charge in [0.25, 0.3) is 0 Å². The van der Waals surface area contributed by atoms with Crippen LogP contribution in [-0.4, -0.2) is 10.2 Å². The Morgan fingerprint density at radius 2 is 1.75 bits per heavy atom. The highest BCUT2D eigenvalue weighted by Gasteiger charge is 2.07. The highest BCUT2D eigenvalue weighted by molar-refractivity contribution is 5.41. The second kappa shape index (κ2) is 4.57. The molecule has 0 atom stereocenters. The highest BCUT2D eigenvalue weighted by Crippen LogP contribution is 2.27. The van der Waals surface area contributed by atoms with Crippen molar-refractivity contribution in [1.29, 1.82) is 0 Å². The molecular weight excluding hydrogens is 204 g/mol. The van der Waals surface area contributed by atoms with Crippen LogP contribution in [0.25, 0.3) is 0 Å². The molecule has 16 heavy (non-hydrogen) atoms. The lowest BCUT2D eigenvalue weighted by molar-refractivity contribution is 0.347. The number of para-hydroxylation sites is 2. The van der Waals surface area contributed by atoms with Crippen molar-refractivity contribution in [2.75, 3.05) is 0 Å². The smallest absolute Gasteiger partial charge is 0.169 e. The van der Waals surface area contributed by atoms with Crippen LogP contribution in [0.1, 0.15) is 6.42 Å². The first-order valence-corrected chi connectivity index (χ1v) is 4.99. The standard InChI is InChI=1S/C13H12O3/c14-10-6-2-1-3-8-12(10)16-13-9-5-4-7-11(13)15/h2-9,14-15H,1H2. The maximum absolute atomic E-state index is 9.64. The van der Waals surface area contributed by atoms with Gasteiger partial charge in [0.15, 0.2) is 23.0 Å². The summed E-state index contributed by atoms with van der Waals surface area (Å²) in [6, 6.07) is 6.63. The lowest BCUT2D eigenvalue weighted by atomic mass is 10.3. The van der Waals surface area contributed by atoms with Crippen LogP contribution in [0, 0.1) is 0 Å². The number of aromatic hydroxyl groups is 1. The molecule has 0 aliphatic heterocycles. The predicted octanol–water partition coefficient (Wildman–Crippen LogP) is 3.06. The van der Waals surface area contributed by atoms with Crippen LogP contribution in [0.3, 0.4) is 0 Å². The van der Waals surface area contributed by atoms with Crippen LogP contribution < -0.4 is 4.74 Å². The Bertz CT molecular complexity index is 470. The van der Waals surface area contributed by atoms with Gasteiger partial charge in [-0.2, -0.15) is 0 Å². The molecule has 3 heteroatoms. The van der Waals surface area contributed by atoms with Crippen molar-refractivity contribution in [3.63, 3.8) is 0 Å². The molecule has 1 aromatic carbocycles. The Balaban J connectivity index is 2.28. The first-order chi connectivity index (χ1) is 7.77. The molecule has 3 nitrogen and oxygen atoms in total. The number of hydrogen-bond acceptors (Lipinski definition) is 3. The van der Waals surface area contributed by atoms with Gasteiger partial charge in [-0.15, -0.1) is 0 Å². The summed E-state index contributed by atoms with van der Waals surface area (Å²) in [7, 11) is 0. The lowest BCUT2D eigenvalue weighted by Crippen LogP contribution is -1.96. The zero-order chi connectivity index (χ0) is 11.4. The van der Waals surface area contributed by atoms with Gasteiger partial charge in [0.2, 0.25) is 0 Å². The van der Waals surface area contributed by atoms with Gasteiger partial charge in [0, 0.05) is 0 Å². The number of phenolic OH excluding ortho intramolecular Hbond substituents is 1. The fourth-order valence-electron chi connectivity index (χ4n) is 1.35. The first kappa shape index (κ1) is 10.4. The maximum Gasteiger partial charge on any atom is 0.169 e. The first-order valence-electron chi connectivity index (χ1n) is 4.99. The van der Waals surface area contributed by atoms with Crippen LogP contribution >= 0.6 is 0 Å². The molecule has 2 rings (SSSR count). The minimum atomic E-state index is 0.0458. The maximum atomic E-state index is 9.64. The predicted molar refractivity (Wildman–Crippen MR) is 61.3 cm³/mol. The van der Waals surface area contributed by atoms with Crippen molar-refractivity contribution >= 4 is 0 Å². The Kier molecular flexibility index (Phi) is 2.96. The van der Waals surface area contributed by atoms with Crippen molar-refractivity contribution in [3.05, 3.63) is 60.1 Å². The van der Waals surface area contributed by atoms with Crippen molar-refractivity contribution < 1.29 is 14.9 Å². The van der Waals surface area contributed by atoms with E-state index < -0.39 is 0 Å². The van der Waals surface area contributed by atoms with Crippen molar-refractivity contribution in [3.8, 4) is 11.5 Å². The number of phenols is 1. The summed E-state index contributed by atoms with van der Waals surface area (Å²) in [6.07, 6.45) is 7.71. The minimum Gasteiger partial charge on any atom is -0.504 e. The molecule has 1 aromatic rings. The summed E-state index contributed by atoms with van der Waals surface area (Å²) >= 11 is 0. The fourth-order valence-corrected chi connectivity index (χ4v) is 1.35. The van der Waals surface area contributed by atoms with Gasteiger partial charge in [0.1, 0.15) is 0 Å². The molecule has 0 unspecified atom stereocenters. The molecule has 1 aliphatic rings. The summed E-state index contributed by atoms with van der Waals surface area (Å²) in [5.41, 5.74) is 0. The molecule has 0 radical (unpaired) electrons. The van der Waals surface area contributed by atoms with Crippen LogP contribution in [0.4, 0.5) is 0 Å². The van der Waals surface area contributed by atoms with Gasteiger partial charge >= 0.3 is 0 Å².